The van der Waals surface area contributed by atoms with Gasteiger partial charge in [0.05, 0.1) is 16.8 Å². The van der Waals surface area contributed by atoms with Crippen molar-refractivity contribution < 1.29 is 57.4 Å². The van der Waals surface area contributed by atoms with E-state index in [1.165, 1.54) is 23.3 Å². The number of alkyl halides is 3. The average Bonchev–Trinajstić information content (AvgIpc) is 3.17. The zero-order chi connectivity index (χ0) is 33.3. The van der Waals surface area contributed by atoms with Crippen molar-refractivity contribution in [1.82, 2.24) is 10.2 Å². The second-order valence-electron chi connectivity index (χ2n) is 13.3. The topological polar surface area (TPSA) is 84.8 Å². The van der Waals surface area contributed by atoms with E-state index in [9.17, 15) is 18.0 Å². The van der Waals surface area contributed by atoms with Crippen LogP contribution in [0, 0.1) is 18.3 Å². The number of benzene rings is 2. The fraction of sp³-hybridized carbons (Fsp3) is 0.571. The van der Waals surface area contributed by atoms with Gasteiger partial charge >= 0.3 is 35.7 Å². The summed E-state index contributed by atoms with van der Waals surface area (Å²) < 4.78 is 40.7. The zero-order valence-electron chi connectivity index (χ0n) is 28.4. The number of hydrogen-bond acceptors (Lipinski definition) is 5. The number of aryl methyl sites for hydroxylation is 1. The van der Waals surface area contributed by atoms with Crippen LogP contribution in [-0.2, 0) is 15.8 Å². The van der Waals surface area contributed by atoms with Gasteiger partial charge in [0, 0.05) is 19.1 Å². The van der Waals surface area contributed by atoms with E-state index < -0.39 is 29.4 Å². The second-order valence-corrected chi connectivity index (χ2v) is 13.3. The molecule has 1 fully saturated rings. The van der Waals surface area contributed by atoms with Crippen molar-refractivity contribution in [3.63, 3.8) is 0 Å². The van der Waals surface area contributed by atoms with E-state index >= 15 is 0 Å². The first-order valence-corrected chi connectivity index (χ1v) is 15.3. The molecule has 0 radical (unpaired) electrons. The Bertz CT molecular complexity index is 1250. The molecule has 6 nitrogen and oxygen atoms in total. The third-order valence-electron chi connectivity index (χ3n) is 8.85. The first-order chi connectivity index (χ1) is 20.5. The number of carboxylic acid groups (broad SMARTS) is 1. The maximum Gasteiger partial charge on any atom is 1.00 e. The van der Waals surface area contributed by atoms with Crippen LogP contribution < -0.4 is 40.0 Å². The van der Waals surface area contributed by atoms with E-state index in [4.69, 9.17) is 14.9 Å². The van der Waals surface area contributed by atoms with E-state index in [1.807, 2.05) is 6.92 Å². The number of nitrogens with one attached hydrogen (secondary N) is 1. The number of hydrogen-bond donors (Lipinski definition) is 1. The number of amides is 1. The Morgan fingerprint density at radius 1 is 1.07 bits per heavy atom. The number of aliphatic imine (C=N–C) groups is 1. The molecule has 2 aliphatic rings. The van der Waals surface area contributed by atoms with Gasteiger partial charge in [0.15, 0.2) is 0 Å². The first kappa shape index (κ1) is 40.8. The smallest absolute Gasteiger partial charge is 0.554 e. The Morgan fingerprint density at radius 2 is 1.62 bits per heavy atom. The van der Waals surface area contributed by atoms with Crippen LogP contribution in [0.25, 0.3) is 0 Å². The maximum absolute atomic E-state index is 13.6. The molecule has 1 amide bonds. The number of carbonyl (C=O) groups is 2. The van der Waals surface area contributed by atoms with E-state index in [0.29, 0.717) is 17.9 Å². The van der Waals surface area contributed by atoms with Crippen LogP contribution in [0.2, 0.25) is 0 Å². The molecule has 1 aliphatic carbocycles. The van der Waals surface area contributed by atoms with Gasteiger partial charge in [0.2, 0.25) is 6.41 Å². The van der Waals surface area contributed by atoms with Crippen LogP contribution in [-0.4, -0.2) is 41.2 Å². The van der Waals surface area contributed by atoms with Gasteiger partial charge in [-0.15, -0.1) is 0 Å². The standard InChI is InChI=1S/C30H39F3N2.C4H9NO.CH2O2.Na/c1-20-11-13-22(14-12-20)21(2)35-28(6,7)26(23-9-8-10-25(19-23)30(31,32)33)34-29(35)17-15-24(16-18-29)27(3,4)5;1-2-3-5-4-6;2-1-3;/h8-14,19,21,24H,15-18H2,1-7H3;4H,2-3H2,1H3,(H,5,6);1H,(H,2,3);/q;;;+1/p-1. The normalized spacial score (nSPS) is 21.6. The number of halogens is 3. The minimum Gasteiger partial charge on any atom is -0.554 e. The molecular weight excluding hydrogens is 590 g/mol. The fourth-order valence-electron chi connectivity index (χ4n) is 6.63. The molecule has 1 atom stereocenters. The summed E-state index contributed by atoms with van der Waals surface area (Å²) in [5.41, 5.74) is 2.42. The van der Waals surface area contributed by atoms with Crippen molar-refractivity contribution in [2.75, 3.05) is 6.54 Å². The van der Waals surface area contributed by atoms with Gasteiger partial charge in [-0.05, 0) is 94.4 Å². The van der Waals surface area contributed by atoms with Gasteiger partial charge in [-0.3, -0.25) is 14.7 Å². The second kappa shape index (κ2) is 17.1. The van der Waals surface area contributed by atoms with Crippen LogP contribution >= 0.6 is 0 Å². The Labute approximate surface area is 289 Å². The maximum atomic E-state index is 13.6. The van der Waals surface area contributed by atoms with Gasteiger partial charge in [-0.2, -0.15) is 13.2 Å². The number of carbonyl (C=O) groups excluding carboxylic acids is 2. The van der Waals surface area contributed by atoms with Crippen LogP contribution in [0.5, 0.6) is 0 Å². The van der Waals surface area contributed by atoms with E-state index in [-0.39, 0.29) is 41.0 Å². The summed E-state index contributed by atoms with van der Waals surface area (Å²) in [6.45, 7) is 17.8. The molecule has 1 saturated carbocycles. The molecule has 244 valence electrons. The first-order valence-electron chi connectivity index (χ1n) is 15.3. The van der Waals surface area contributed by atoms with Crippen molar-refractivity contribution in [1.29, 1.82) is 0 Å². The van der Waals surface area contributed by atoms with Crippen molar-refractivity contribution >= 4 is 18.6 Å². The summed E-state index contributed by atoms with van der Waals surface area (Å²) in [6, 6.07) is 14.4. The summed E-state index contributed by atoms with van der Waals surface area (Å²) in [6.07, 6.45) is 1.30. The fourth-order valence-corrected chi connectivity index (χ4v) is 6.63. The van der Waals surface area contributed by atoms with Gasteiger partial charge in [-0.25, -0.2) is 0 Å². The Balaban J connectivity index is 0.000000895. The molecule has 1 unspecified atom stereocenters. The minimum absolute atomic E-state index is 0. The van der Waals surface area contributed by atoms with Crippen molar-refractivity contribution in [2.24, 2.45) is 16.3 Å². The van der Waals surface area contributed by atoms with Crippen LogP contribution in [0.4, 0.5) is 13.2 Å². The third kappa shape index (κ3) is 10.4. The third-order valence-corrected chi connectivity index (χ3v) is 8.85. The van der Waals surface area contributed by atoms with E-state index in [0.717, 1.165) is 50.4 Å². The summed E-state index contributed by atoms with van der Waals surface area (Å²) in [7, 11) is 0. The van der Waals surface area contributed by atoms with Crippen LogP contribution in [0.1, 0.15) is 109 Å². The quantitative estimate of drug-likeness (QED) is 0.293. The Hall–Kier alpha value is -2.20. The summed E-state index contributed by atoms with van der Waals surface area (Å²) in [5.74, 6) is 0.612. The largest absolute Gasteiger partial charge is 1.00 e. The van der Waals surface area contributed by atoms with Crippen molar-refractivity contribution in [3.8, 4) is 0 Å². The van der Waals surface area contributed by atoms with Crippen LogP contribution in [0.3, 0.4) is 0 Å². The zero-order valence-corrected chi connectivity index (χ0v) is 30.4. The molecule has 0 bridgehead atoms. The molecule has 1 heterocycles. The van der Waals surface area contributed by atoms with E-state index in [1.54, 1.807) is 6.07 Å². The minimum atomic E-state index is -4.38. The molecule has 10 heteroatoms. The average molecular weight is 640 g/mol. The SMILES string of the molecule is CCCNC=O.Cc1ccc(C(C)N2C3(CCC(C(C)(C)C)CC3)N=C(c3cccc(C(F)(F)F)c3)C2(C)C)cc1.O=C[O-].[Na+]. The molecular formula is C35H49F3N3NaO3. The molecule has 1 N–H and O–H groups in total. The molecule has 0 saturated heterocycles. The molecule has 1 spiro atoms. The van der Waals surface area contributed by atoms with Gasteiger partial charge in [-0.1, -0.05) is 69.7 Å². The molecule has 4 rings (SSSR count). The molecule has 0 aromatic heterocycles. The monoisotopic (exact) mass is 639 g/mol. The molecule has 45 heavy (non-hydrogen) atoms. The molecule has 2 aromatic rings. The van der Waals surface area contributed by atoms with Gasteiger partial charge < -0.3 is 15.2 Å². The predicted molar refractivity (Wildman–Crippen MR) is 168 cm³/mol. The van der Waals surface area contributed by atoms with Gasteiger partial charge in [0.1, 0.15) is 5.66 Å². The predicted octanol–water partition coefficient (Wildman–Crippen LogP) is 4.10. The van der Waals surface area contributed by atoms with Gasteiger partial charge in [0.25, 0.3) is 0 Å². The summed E-state index contributed by atoms with van der Waals surface area (Å²) in [4.78, 5) is 25.6. The summed E-state index contributed by atoms with van der Waals surface area (Å²) >= 11 is 0. The van der Waals surface area contributed by atoms with E-state index in [2.05, 4.69) is 82.9 Å². The Kier molecular flexibility index (Phi) is 15.5. The van der Waals surface area contributed by atoms with Crippen molar-refractivity contribution in [2.45, 2.75) is 111 Å². The molecule has 1 aliphatic heterocycles. The Morgan fingerprint density at radius 3 is 2.07 bits per heavy atom. The summed E-state index contributed by atoms with van der Waals surface area (Å²) in [5, 5.41) is 10.8. The van der Waals surface area contributed by atoms with Crippen LogP contribution in [0.15, 0.2) is 53.5 Å². The number of nitrogens with zero attached hydrogens (tertiary/aromatic N) is 2. The molecule has 2 aromatic carbocycles. The number of rotatable bonds is 6. The van der Waals surface area contributed by atoms with Crippen molar-refractivity contribution in [3.05, 3.63) is 70.8 Å².